The van der Waals surface area contributed by atoms with Gasteiger partial charge in [-0.05, 0) is 0 Å². The number of carbonyl (C=O) groups is 2. The molecule has 0 aromatic carbocycles. The first-order valence-electron chi connectivity index (χ1n) is 2.76. The number of hydrogen-bond donors (Lipinski definition) is 1. The molecule has 5 heteroatoms. The van der Waals surface area contributed by atoms with Crippen molar-refractivity contribution >= 4 is 12.1 Å². The van der Waals surface area contributed by atoms with Gasteiger partial charge in [0.05, 0.1) is 13.7 Å². The van der Waals surface area contributed by atoms with E-state index in [1.54, 1.807) is 0 Å². The Hall–Kier alpha value is -1.26. The van der Waals surface area contributed by atoms with Crippen LogP contribution in [0.5, 0.6) is 0 Å². The first-order chi connectivity index (χ1) is 4.74. The Morgan fingerprint density at radius 2 is 2.60 bits per heavy atom. The first-order valence-corrected chi connectivity index (χ1v) is 2.76. The van der Waals surface area contributed by atoms with Crippen molar-refractivity contribution in [1.82, 2.24) is 5.32 Å². The molecule has 10 heavy (non-hydrogen) atoms. The molecule has 1 amide bonds. The maximum absolute atomic E-state index is 10.6. The molecule has 1 saturated heterocycles. The van der Waals surface area contributed by atoms with Crippen molar-refractivity contribution in [2.45, 2.75) is 6.10 Å². The van der Waals surface area contributed by atoms with Gasteiger partial charge in [0.15, 0.2) is 0 Å². The Bertz CT molecular complexity index is 167. The SMILES string of the molecule is COC(=O)C1CNC(=O)O1. The quantitative estimate of drug-likeness (QED) is 0.494. The lowest BCUT2D eigenvalue weighted by Crippen LogP contribution is -2.25. The summed E-state index contributed by atoms with van der Waals surface area (Å²) in [7, 11) is 1.24. The van der Waals surface area contributed by atoms with Gasteiger partial charge < -0.3 is 14.8 Å². The molecule has 0 radical (unpaired) electrons. The molecule has 0 spiro atoms. The van der Waals surface area contributed by atoms with E-state index in [0.29, 0.717) is 0 Å². The van der Waals surface area contributed by atoms with Crippen LogP contribution in [-0.2, 0) is 14.3 Å². The van der Waals surface area contributed by atoms with E-state index >= 15 is 0 Å². The minimum Gasteiger partial charge on any atom is -0.466 e. The number of amides is 1. The summed E-state index contributed by atoms with van der Waals surface area (Å²) in [6.07, 6.45) is -1.34. The molecular weight excluding hydrogens is 138 g/mol. The van der Waals surface area contributed by atoms with E-state index in [1.807, 2.05) is 0 Å². The third-order valence-corrected chi connectivity index (χ3v) is 1.15. The van der Waals surface area contributed by atoms with Crippen LogP contribution in [0.25, 0.3) is 0 Å². The highest BCUT2D eigenvalue weighted by molar-refractivity contribution is 5.82. The van der Waals surface area contributed by atoms with Crippen LogP contribution in [0.1, 0.15) is 0 Å². The number of alkyl carbamates (subject to hydrolysis) is 1. The molecule has 0 saturated carbocycles. The molecule has 1 aliphatic rings. The standard InChI is InChI=1S/C5H7NO4/c1-9-4(7)3-2-6-5(8)10-3/h3H,2H2,1H3,(H,6,8). The Labute approximate surface area is 57.3 Å². The molecule has 0 aromatic heterocycles. The average molecular weight is 145 g/mol. The zero-order valence-electron chi connectivity index (χ0n) is 5.42. The van der Waals surface area contributed by atoms with E-state index in [0.717, 1.165) is 0 Å². The molecule has 1 rings (SSSR count). The lowest BCUT2D eigenvalue weighted by molar-refractivity contribution is -0.148. The summed E-state index contributed by atoms with van der Waals surface area (Å²) in [5.41, 5.74) is 0. The van der Waals surface area contributed by atoms with Crippen molar-refractivity contribution in [2.75, 3.05) is 13.7 Å². The van der Waals surface area contributed by atoms with E-state index in [2.05, 4.69) is 14.8 Å². The molecule has 1 N–H and O–H groups in total. The van der Waals surface area contributed by atoms with Crippen LogP contribution in [0.3, 0.4) is 0 Å². The van der Waals surface area contributed by atoms with Crippen LogP contribution in [0.2, 0.25) is 0 Å². The molecule has 56 valence electrons. The number of nitrogens with one attached hydrogen (secondary N) is 1. The summed E-state index contributed by atoms with van der Waals surface area (Å²) < 4.78 is 8.82. The topological polar surface area (TPSA) is 64.6 Å². The highest BCUT2D eigenvalue weighted by atomic mass is 16.6. The van der Waals surface area contributed by atoms with Crippen molar-refractivity contribution < 1.29 is 19.1 Å². The summed E-state index contributed by atoms with van der Waals surface area (Å²) in [6.45, 7) is 0.200. The summed E-state index contributed by atoms with van der Waals surface area (Å²) in [5.74, 6) is -0.529. The van der Waals surface area contributed by atoms with Gasteiger partial charge in [-0.3, -0.25) is 0 Å². The van der Waals surface area contributed by atoms with Crippen LogP contribution in [0.15, 0.2) is 0 Å². The fourth-order valence-corrected chi connectivity index (χ4v) is 0.651. The molecule has 1 heterocycles. The number of ether oxygens (including phenoxy) is 2. The van der Waals surface area contributed by atoms with E-state index in [-0.39, 0.29) is 6.54 Å². The van der Waals surface area contributed by atoms with E-state index < -0.39 is 18.2 Å². The van der Waals surface area contributed by atoms with Crippen molar-refractivity contribution in [3.63, 3.8) is 0 Å². The minimum absolute atomic E-state index is 0.200. The highest BCUT2D eigenvalue weighted by Gasteiger charge is 2.29. The Morgan fingerprint density at radius 3 is 3.00 bits per heavy atom. The Balaban J connectivity index is 2.44. The molecule has 5 nitrogen and oxygen atoms in total. The number of rotatable bonds is 1. The summed E-state index contributed by atoms with van der Waals surface area (Å²) >= 11 is 0. The zero-order chi connectivity index (χ0) is 7.56. The van der Waals surface area contributed by atoms with Crippen LogP contribution in [0, 0.1) is 0 Å². The minimum atomic E-state index is -0.766. The van der Waals surface area contributed by atoms with Crippen molar-refractivity contribution in [1.29, 1.82) is 0 Å². The third kappa shape index (κ3) is 1.18. The normalized spacial score (nSPS) is 23.3. The maximum Gasteiger partial charge on any atom is 0.408 e. The lowest BCUT2D eigenvalue weighted by atomic mass is 10.4. The molecule has 0 aromatic rings. The maximum atomic E-state index is 10.6. The van der Waals surface area contributed by atoms with Crippen LogP contribution >= 0.6 is 0 Å². The molecule has 1 fully saturated rings. The van der Waals surface area contributed by atoms with E-state index in [9.17, 15) is 9.59 Å². The molecular formula is C5H7NO4. The van der Waals surface area contributed by atoms with Gasteiger partial charge in [-0.2, -0.15) is 0 Å². The van der Waals surface area contributed by atoms with Gasteiger partial charge in [0.2, 0.25) is 6.10 Å². The van der Waals surface area contributed by atoms with Crippen molar-refractivity contribution in [3.05, 3.63) is 0 Å². The number of hydrogen-bond acceptors (Lipinski definition) is 4. The Kier molecular flexibility index (Phi) is 1.75. The number of carbonyl (C=O) groups excluding carboxylic acids is 2. The summed E-state index contributed by atoms with van der Waals surface area (Å²) in [6, 6.07) is 0. The summed E-state index contributed by atoms with van der Waals surface area (Å²) in [4.78, 5) is 21.0. The first kappa shape index (κ1) is 6.85. The predicted octanol–water partition coefficient (Wildman–Crippen LogP) is -0.732. The van der Waals surface area contributed by atoms with Gasteiger partial charge in [-0.25, -0.2) is 9.59 Å². The van der Waals surface area contributed by atoms with E-state index in [4.69, 9.17) is 0 Å². The number of methoxy groups -OCH3 is 1. The lowest BCUT2D eigenvalue weighted by Gasteiger charge is -2.02. The van der Waals surface area contributed by atoms with Gasteiger partial charge in [0, 0.05) is 0 Å². The number of esters is 1. The highest BCUT2D eigenvalue weighted by Crippen LogP contribution is 2.00. The van der Waals surface area contributed by atoms with Crippen LogP contribution in [0.4, 0.5) is 4.79 Å². The molecule has 1 atom stereocenters. The van der Waals surface area contributed by atoms with Gasteiger partial charge in [0.25, 0.3) is 0 Å². The molecule has 1 aliphatic heterocycles. The molecule has 0 aliphatic carbocycles. The smallest absolute Gasteiger partial charge is 0.408 e. The molecule has 0 bridgehead atoms. The fraction of sp³-hybridized carbons (Fsp3) is 0.600. The zero-order valence-corrected chi connectivity index (χ0v) is 5.42. The second-order valence-electron chi connectivity index (χ2n) is 1.80. The van der Waals surface area contributed by atoms with Gasteiger partial charge in [-0.15, -0.1) is 0 Å². The van der Waals surface area contributed by atoms with Crippen LogP contribution in [-0.4, -0.2) is 31.8 Å². The third-order valence-electron chi connectivity index (χ3n) is 1.15. The summed E-state index contributed by atoms with van der Waals surface area (Å²) in [5, 5.41) is 2.32. The second kappa shape index (κ2) is 2.55. The van der Waals surface area contributed by atoms with Gasteiger partial charge >= 0.3 is 12.1 Å². The van der Waals surface area contributed by atoms with Crippen molar-refractivity contribution in [3.8, 4) is 0 Å². The van der Waals surface area contributed by atoms with E-state index in [1.165, 1.54) is 7.11 Å². The van der Waals surface area contributed by atoms with Gasteiger partial charge in [-0.1, -0.05) is 0 Å². The monoisotopic (exact) mass is 145 g/mol. The van der Waals surface area contributed by atoms with Crippen molar-refractivity contribution in [2.24, 2.45) is 0 Å². The Morgan fingerprint density at radius 1 is 1.90 bits per heavy atom. The molecule has 1 unspecified atom stereocenters. The fourth-order valence-electron chi connectivity index (χ4n) is 0.651. The van der Waals surface area contributed by atoms with Crippen LogP contribution < -0.4 is 5.32 Å². The number of cyclic esters (lactones) is 1. The predicted molar refractivity (Wildman–Crippen MR) is 30.3 cm³/mol. The average Bonchev–Trinajstić information content (AvgIpc) is 2.34. The largest absolute Gasteiger partial charge is 0.466 e. The van der Waals surface area contributed by atoms with Gasteiger partial charge in [0.1, 0.15) is 0 Å². The second-order valence-corrected chi connectivity index (χ2v) is 1.80.